The predicted octanol–water partition coefficient (Wildman–Crippen LogP) is 2.76. The Bertz CT molecular complexity index is 525. The molecule has 0 amide bonds. The summed E-state index contributed by atoms with van der Waals surface area (Å²) in [5.74, 6) is 0.178. The van der Waals surface area contributed by atoms with Crippen LogP contribution in [0.25, 0.3) is 0 Å². The zero-order valence-electron chi connectivity index (χ0n) is 11.2. The van der Waals surface area contributed by atoms with Crippen molar-refractivity contribution in [2.75, 3.05) is 18.0 Å². The van der Waals surface area contributed by atoms with Crippen molar-refractivity contribution < 1.29 is 10.0 Å². The monoisotopic (exact) mass is 284 g/mol. The Labute approximate surface area is 116 Å². The topological polar surface area (TPSA) is 66.6 Å². The summed E-state index contributed by atoms with van der Waals surface area (Å²) in [6.45, 7) is 6.82. The fraction of sp³-hybridized carbons (Fsp3) is 0.538. The van der Waals surface area contributed by atoms with Gasteiger partial charge in [-0.15, -0.1) is 0 Å². The molecular formula is C13H17ClN2O3. The number of anilines is 1. The van der Waals surface area contributed by atoms with Crippen molar-refractivity contribution in [1.82, 2.24) is 0 Å². The van der Waals surface area contributed by atoms with Gasteiger partial charge in [-0.3, -0.25) is 10.1 Å². The van der Waals surface area contributed by atoms with Crippen LogP contribution in [0.3, 0.4) is 0 Å². The lowest BCUT2D eigenvalue weighted by Crippen LogP contribution is -2.64. The molecule has 0 spiro atoms. The highest BCUT2D eigenvalue weighted by molar-refractivity contribution is 6.33. The van der Waals surface area contributed by atoms with Gasteiger partial charge in [-0.25, -0.2) is 0 Å². The molecule has 1 N–H and O–H groups in total. The number of rotatable bonds is 3. The average Bonchev–Trinajstić information content (AvgIpc) is 2.27. The maximum atomic E-state index is 10.8. The van der Waals surface area contributed by atoms with Gasteiger partial charge in [-0.05, 0) is 24.5 Å². The van der Waals surface area contributed by atoms with Gasteiger partial charge in [-0.1, -0.05) is 25.4 Å². The Hall–Kier alpha value is -1.33. The quantitative estimate of drug-likeness (QED) is 0.684. The van der Waals surface area contributed by atoms with Crippen molar-refractivity contribution in [3.05, 3.63) is 32.8 Å². The average molecular weight is 285 g/mol. The summed E-state index contributed by atoms with van der Waals surface area (Å²) in [4.78, 5) is 12.3. The third-order valence-corrected chi connectivity index (χ3v) is 4.11. The van der Waals surface area contributed by atoms with E-state index in [1.54, 1.807) is 6.07 Å². The second-order valence-corrected chi connectivity index (χ2v) is 5.87. The van der Waals surface area contributed by atoms with Crippen LogP contribution in [0.1, 0.15) is 19.4 Å². The molecule has 2 rings (SSSR count). The van der Waals surface area contributed by atoms with Crippen molar-refractivity contribution in [3.63, 3.8) is 0 Å². The van der Waals surface area contributed by atoms with Crippen LogP contribution in [0.4, 0.5) is 11.4 Å². The molecule has 1 aromatic rings. The Morgan fingerprint density at radius 2 is 2.05 bits per heavy atom. The molecule has 0 bridgehead atoms. The third-order valence-electron chi connectivity index (χ3n) is 3.81. The molecule has 104 valence electrons. The fourth-order valence-corrected chi connectivity index (χ4v) is 2.51. The predicted molar refractivity (Wildman–Crippen MR) is 74.8 cm³/mol. The number of nitro benzene ring substituents is 1. The molecule has 1 aliphatic heterocycles. The fourth-order valence-electron chi connectivity index (χ4n) is 2.29. The van der Waals surface area contributed by atoms with Crippen LogP contribution in [-0.2, 0) is 0 Å². The van der Waals surface area contributed by atoms with E-state index in [4.69, 9.17) is 11.6 Å². The number of hydrogen-bond acceptors (Lipinski definition) is 4. The molecule has 1 fully saturated rings. The Morgan fingerprint density at radius 1 is 1.47 bits per heavy atom. The van der Waals surface area contributed by atoms with Crippen LogP contribution in [-0.4, -0.2) is 28.7 Å². The maximum Gasteiger partial charge on any atom is 0.288 e. The van der Waals surface area contributed by atoms with E-state index in [2.05, 4.69) is 0 Å². The van der Waals surface area contributed by atoms with E-state index < -0.39 is 10.5 Å². The van der Waals surface area contributed by atoms with Crippen LogP contribution in [0, 0.1) is 23.0 Å². The largest absolute Gasteiger partial charge is 0.386 e. The van der Waals surface area contributed by atoms with E-state index in [1.165, 1.54) is 6.07 Å². The molecule has 0 radical (unpaired) electrons. The molecule has 1 aromatic carbocycles. The molecule has 19 heavy (non-hydrogen) atoms. The number of benzene rings is 1. The van der Waals surface area contributed by atoms with Gasteiger partial charge in [0, 0.05) is 24.8 Å². The van der Waals surface area contributed by atoms with E-state index in [1.807, 2.05) is 25.7 Å². The van der Waals surface area contributed by atoms with Crippen LogP contribution in [0.2, 0.25) is 5.02 Å². The first-order valence-electron chi connectivity index (χ1n) is 6.16. The summed E-state index contributed by atoms with van der Waals surface area (Å²) < 4.78 is 0. The SMILES string of the molecule is Cc1cc([N+](=O)[O-])c(Cl)cc1N1CC(O)(C(C)C)C1. The number of nitrogens with zero attached hydrogens (tertiary/aromatic N) is 2. The van der Waals surface area contributed by atoms with Gasteiger partial charge in [0.2, 0.25) is 0 Å². The number of aryl methyl sites for hydroxylation is 1. The summed E-state index contributed by atoms with van der Waals surface area (Å²) in [5, 5.41) is 21.2. The molecule has 5 nitrogen and oxygen atoms in total. The second kappa shape index (κ2) is 4.65. The minimum absolute atomic E-state index is 0.0810. The number of hydrogen-bond donors (Lipinski definition) is 1. The van der Waals surface area contributed by atoms with E-state index in [0.717, 1.165) is 11.3 Å². The maximum absolute atomic E-state index is 10.8. The Balaban J connectivity index is 2.25. The van der Waals surface area contributed by atoms with Gasteiger partial charge < -0.3 is 10.0 Å². The first-order valence-corrected chi connectivity index (χ1v) is 6.54. The van der Waals surface area contributed by atoms with Gasteiger partial charge >= 0.3 is 0 Å². The van der Waals surface area contributed by atoms with Crippen molar-refractivity contribution in [2.24, 2.45) is 5.92 Å². The zero-order valence-corrected chi connectivity index (χ0v) is 11.9. The summed E-state index contributed by atoms with van der Waals surface area (Å²) in [6, 6.07) is 3.08. The molecule has 6 heteroatoms. The lowest BCUT2D eigenvalue weighted by molar-refractivity contribution is -0.384. The molecule has 1 saturated heterocycles. The molecule has 0 saturated carbocycles. The van der Waals surface area contributed by atoms with Crippen LogP contribution >= 0.6 is 11.6 Å². The number of nitro groups is 1. The molecular weight excluding hydrogens is 268 g/mol. The summed E-state index contributed by atoms with van der Waals surface area (Å²) in [7, 11) is 0. The van der Waals surface area contributed by atoms with Gasteiger partial charge in [-0.2, -0.15) is 0 Å². The summed E-state index contributed by atoms with van der Waals surface area (Å²) >= 11 is 5.92. The normalized spacial score (nSPS) is 17.5. The van der Waals surface area contributed by atoms with Crippen LogP contribution < -0.4 is 4.90 Å². The van der Waals surface area contributed by atoms with Gasteiger partial charge in [0.05, 0.1) is 4.92 Å². The minimum atomic E-state index is -0.680. The lowest BCUT2D eigenvalue weighted by Gasteiger charge is -2.50. The molecule has 1 heterocycles. The Kier molecular flexibility index (Phi) is 3.45. The van der Waals surface area contributed by atoms with Crippen molar-refractivity contribution in [3.8, 4) is 0 Å². The smallest absolute Gasteiger partial charge is 0.288 e. The first-order chi connectivity index (χ1) is 8.74. The standard InChI is InChI=1S/C13H17ClN2O3/c1-8(2)13(17)6-15(7-13)11-5-10(14)12(16(18)19)4-9(11)3/h4-5,8,17H,6-7H2,1-3H3. The van der Waals surface area contributed by atoms with E-state index >= 15 is 0 Å². The van der Waals surface area contributed by atoms with E-state index in [9.17, 15) is 15.2 Å². The van der Waals surface area contributed by atoms with E-state index in [-0.39, 0.29) is 16.6 Å². The molecule has 1 aliphatic rings. The number of β-amino-alcohol motifs (C(OH)–C–C–N with tert-alkyl or cyclic N) is 1. The zero-order chi connectivity index (χ0) is 14.4. The third kappa shape index (κ3) is 2.40. The highest BCUT2D eigenvalue weighted by Crippen LogP contribution is 2.38. The Morgan fingerprint density at radius 3 is 2.53 bits per heavy atom. The first kappa shape index (κ1) is 14.1. The molecule has 0 aliphatic carbocycles. The van der Waals surface area contributed by atoms with E-state index in [0.29, 0.717) is 13.1 Å². The van der Waals surface area contributed by atoms with Gasteiger partial charge in [0.25, 0.3) is 5.69 Å². The number of aliphatic hydroxyl groups is 1. The van der Waals surface area contributed by atoms with Crippen molar-refractivity contribution >= 4 is 23.0 Å². The summed E-state index contributed by atoms with van der Waals surface area (Å²) in [6.07, 6.45) is 0. The summed E-state index contributed by atoms with van der Waals surface area (Å²) in [5.41, 5.74) is 0.881. The molecule has 0 unspecified atom stereocenters. The second-order valence-electron chi connectivity index (χ2n) is 5.46. The van der Waals surface area contributed by atoms with Crippen LogP contribution in [0.5, 0.6) is 0 Å². The molecule has 0 aromatic heterocycles. The molecule has 0 atom stereocenters. The van der Waals surface area contributed by atoms with Gasteiger partial charge in [0.1, 0.15) is 10.6 Å². The highest BCUT2D eigenvalue weighted by atomic mass is 35.5. The van der Waals surface area contributed by atoms with Crippen LogP contribution in [0.15, 0.2) is 12.1 Å². The lowest BCUT2D eigenvalue weighted by atomic mass is 9.82. The van der Waals surface area contributed by atoms with Crippen molar-refractivity contribution in [1.29, 1.82) is 0 Å². The van der Waals surface area contributed by atoms with Gasteiger partial charge in [0.15, 0.2) is 0 Å². The minimum Gasteiger partial charge on any atom is -0.386 e. The number of halogens is 1. The highest BCUT2D eigenvalue weighted by Gasteiger charge is 2.44. The van der Waals surface area contributed by atoms with Crippen molar-refractivity contribution in [2.45, 2.75) is 26.4 Å².